The van der Waals surface area contributed by atoms with Crippen LogP contribution >= 0.6 is 0 Å². The first-order chi connectivity index (χ1) is 13.5. The molecule has 144 valence electrons. The number of rotatable bonds is 4. The summed E-state index contributed by atoms with van der Waals surface area (Å²) >= 11 is 0. The van der Waals surface area contributed by atoms with E-state index in [1.807, 2.05) is 31.0 Å². The summed E-state index contributed by atoms with van der Waals surface area (Å²) in [6.45, 7) is 3.67. The molecule has 1 saturated heterocycles. The Kier molecular flexibility index (Phi) is 4.81. The highest BCUT2D eigenvalue weighted by Gasteiger charge is 2.19. The van der Waals surface area contributed by atoms with Crippen LogP contribution in [0.4, 0.5) is 0 Å². The van der Waals surface area contributed by atoms with E-state index in [-0.39, 0.29) is 12.5 Å². The van der Waals surface area contributed by atoms with Crippen LogP contribution in [0.1, 0.15) is 44.8 Å². The summed E-state index contributed by atoms with van der Waals surface area (Å²) in [4.78, 5) is 30.9. The molecule has 0 saturated carbocycles. The molecule has 1 aromatic carbocycles. The van der Waals surface area contributed by atoms with E-state index < -0.39 is 5.97 Å². The van der Waals surface area contributed by atoms with Crippen LogP contribution in [0.3, 0.4) is 0 Å². The zero-order valence-electron chi connectivity index (χ0n) is 16.0. The molecule has 2 aromatic heterocycles. The predicted molar refractivity (Wildman–Crippen MR) is 104 cm³/mol. The Morgan fingerprint density at radius 2 is 1.82 bits per heavy atom. The number of benzene rings is 1. The first-order valence-electron chi connectivity index (χ1n) is 9.37. The number of nitrogens with zero attached hydrogens (tertiary/aromatic N) is 4. The number of hydrogen-bond acceptors (Lipinski definition) is 5. The van der Waals surface area contributed by atoms with Gasteiger partial charge in [-0.25, -0.2) is 9.78 Å². The van der Waals surface area contributed by atoms with Crippen LogP contribution < -0.4 is 0 Å². The number of carbonyl (C=O) groups is 2. The molecule has 0 radical (unpaired) electrons. The molecule has 28 heavy (non-hydrogen) atoms. The molecule has 0 aliphatic carbocycles. The highest BCUT2D eigenvalue weighted by Crippen LogP contribution is 2.18. The number of ether oxygens (including phenoxy) is 1. The zero-order chi connectivity index (χ0) is 19.7. The van der Waals surface area contributed by atoms with Crippen LogP contribution in [-0.4, -0.2) is 44.6 Å². The second-order valence-electron chi connectivity index (χ2n) is 7.08. The molecule has 7 heteroatoms. The fourth-order valence-electron chi connectivity index (χ4n) is 3.50. The fourth-order valence-corrected chi connectivity index (χ4v) is 3.50. The number of aromatic nitrogens is 3. The molecule has 1 fully saturated rings. The van der Waals surface area contributed by atoms with Crippen molar-refractivity contribution < 1.29 is 14.3 Å². The maximum Gasteiger partial charge on any atom is 0.340 e. The molecule has 1 aliphatic rings. The highest BCUT2D eigenvalue weighted by atomic mass is 16.5. The lowest BCUT2D eigenvalue weighted by atomic mass is 10.1. The van der Waals surface area contributed by atoms with E-state index >= 15 is 0 Å². The molecule has 7 nitrogen and oxygen atoms in total. The average Bonchev–Trinajstić information content (AvgIpc) is 3.34. The molecule has 4 rings (SSSR count). The molecule has 0 spiro atoms. The SMILES string of the molecule is Cc1nn(C)c2ncc(C(=O)OCc3ccc(C(=O)N4CCCC4)cc3)cc12. The third kappa shape index (κ3) is 3.47. The van der Waals surface area contributed by atoms with Crippen molar-refractivity contribution >= 4 is 22.9 Å². The van der Waals surface area contributed by atoms with Gasteiger partial charge >= 0.3 is 5.97 Å². The third-order valence-electron chi connectivity index (χ3n) is 5.06. The number of carbonyl (C=O) groups excluding carboxylic acids is 2. The molecule has 3 aromatic rings. The lowest BCUT2D eigenvalue weighted by Crippen LogP contribution is -2.27. The summed E-state index contributed by atoms with van der Waals surface area (Å²) in [7, 11) is 1.82. The van der Waals surface area contributed by atoms with Crippen LogP contribution in [0.15, 0.2) is 36.5 Å². The number of esters is 1. The fraction of sp³-hybridized carbons (Fsp3) is 0.333. The van der Waals surface area contributed by atoms with Crippen molar-refractivity contribution in [3.05, 3.63) is 58.9 Å². The third-order valence-corrected chi connectivity index (χ3v) is 5.06. The Balaban J connectivity index is 1.40. The maximum atomic E-state index is 12.4. The van der Waals surface area contributed by atoms with E-state index in [4.69, 9.17) is 4.74 Å². The van der Waals surface area contributed by atoms with Gasteiger partial charge in [0.05, 0.1) is 11.3 Å². The van der Waals surface area contributed by atoms with Gasteiger partial charge in [-0.05, 0) is 43.5 Å². The monoisotopic (exact) mass is 378 g/mol. The predicted octanol–water partition coefficient (Wildman–Crippen LogP) is 2.87. The Labute approximate surface area is 162 Å². The van der Waals surface area contributed by atoms with Gasteiger partial charge in [-0.2, -0.15) is 5.10 Å². The van der Waals surface area contributed by atoms with Crippen molar-refractivity contribution in [2.75, 3.05) is 13.1 Å². The second-order valence-corrected chi connectivity index (χ2v) is 7.08. The summed E-state index contributed by atoms with van der Waals surface area (Å²) in [5.41, 5.74) is 3.44. The van der Waals surface area contributed by atoms with Gasteiger partial charge in [0.1, 0.15) is 6.61 Å². The number of amides is 1. The smallest absolute Gasteiger partial charge is 0.340 e. The minimum atomic E-state index is -0.435. The van der Waals surface area contributed by atoms with E-state index in [1.165, 1.54) is 6.20 Å². The minimum absolute atomic E-state index is 0.0623. The topological polar surface area (TPSA) is 77.3 Å². The zero-order valence-corrected chi connectivity index (χ0v) is 16.0. The van der Waals surface area contributed by atoms with Crippen LogP contribution in [0.25, 0.3) is 11.0 Å². The Morgan fingerprint density at radius 1 is 1.11 bits per heavy atom. The summed E-state index contributed by atoms with van der Waals surface area (Å²) in [6.07, 6.45) is 3.64. The van der Waals surface area contributed by atoms with Crippen LogP contribution in [0.5, 0.6) is 0 Å². The summed E-state index contributed by atoms with van der Waals surface area (Å²) in [5.74, 6) is -0.373. The van der Waals surface area contributed by atoms with Crippen LogP contribution in [-0.2, 0) is 18.4 Å². The molecular weight excluding hydrogens is 356 g/mol. The first kappa shape index (κ1) is 18.2. The van der Waals surface area contributed by atoms with Crippen molar-refractivity contribution in [1.82, 2.24) is 19.7 Å². The number of hydrogen-bond donors (Lipinski definition) is 0. The van der Waals surface area contributed by atoms with Crippen LogP contribution in [0, 0.1) is 6.92 Å². The number of aryl methyl sites for hydroxylation is 2. The van der Waals surface area contributed by atoms with Crippen molar-refractivity contribution in [3.63, 3.8) is 0 Å². The molecule has 1 amide bonds. The van der Waals surface area contributed by atoms with Crippen molar-refractivity contribution in [2.45, 2.75) is 26.4 Å². The summed E-state index contributed by atoms with van der Waals surface area (Å²) in [6, 6.07) is 8.98. The molecular formula is C21H22N4O3. The molecule has 0 N–H and O–H groups in total. The number of fused-ring (bicyclic) bond motifs is 1. The van der Waals surface area contributed by atoms with Gasteiger partial charge in [-0.1, -0.05) is 12.1 Å². The van der Waals surface area contributed by atoms with Gasteiger partial charge in [0.2, 0.25) is 0 Å². The van der Waals surface area contributed by atoms with E-state index in [9.17, 15) is 9.59 Å². The van der Waals surface area contributed by atoms with Crippen molar-refractivity contribution in [2.24, 2.45) is 7.05 Å². The average molecular weight is 378 g/mol. The number of likely N-dealkylation sites (tertiary alicyclic amines) is 1. The van der Waals surface area contributed by atoms with E-state index in [0.29, 0.717) is 11.1 Å². The minimum Gasteiger partial charge on any atom is -0.457 e. The normalized spacial score (nSPS) is 13.9. The Hall–Kier alpha value is -3.22. The molecule has 1 aliphatic heterocycles. The van der Waals surface area contributed by atoms with Gasteiger partial charge in [-0.15, -0.1) is 0 Å². The van der Waals surface area contributed by atoms with Gasteiger partial charge in [0, 0.05) is 37.3 Å². The molecule has 0 bridgehead atoms. The van der Waals surface area contributed by atoms with Crippen LogP contribution in [0.2, 0.25) is 0 Å². The quantitative estimate of drug-likeness (QED) is 0.653. The maximum absolute atomic E-state index is 12.4. The Bertz CT molecular complexity index is 1030. The molecule has 0 unspecified atom stereocenters. The lowest BCUT2D eigenvalue weighted by molar-refractivity contribution is 0.0472. The van der Waals surface area contributed by atoms with Crippen molar-refractivity contribution in [1.29, 1.82) is 0 Å². The summed E-state index contributed by atoms with van der Waals surface area (Å²) < 4.78 is 7.09. The van der Waals surface area contributed by atoms with Gasteiger partial charge < -0.3 is 9.64 Å². The number of pyridine rings is 1. The van der Waals surface area contributed by atoms with Gasteiger partial charge in [0.25, 0.3) is 5.91 Å². The highest BCUT2D eigenvalue weighted by molar-refractivity contribution is 5.95. The second kappa shape index (κ2) is 7.42. The largest absolute Gasteiger partial charge is 0.457 e. The Morgan fingerprint density at radius 3 is 2.54 bits per heavy atom. The first-order valence-corrected chi connectivity index (χ1v) is 9.37. The van der Waals surface area contributed by atoms with Crippen molar-refractivity contribution in [3.8, 4) is 0 Å². The van der Waals surface area contributed by atoms with E-state index in [1.54, 1.807) is 22.9 Å². The molecule has 3 heterocycles. The van der Waals surface area contributed by atoms with E-state index in [0.717, 1.165) is 48.2 Å². The standard InChI is InChI=1S/C21H22N4O3/c1-14-18-11-17(12-22-19(18)24(2)23-14)21(27)28-13-15-5-7-16(8-6-15)20(26)25-9-3-4-10-25/h5-8,11-12H,3-4,9-10,13H2,1-2H3. The lowest BCUT2D eigenvalue weighted by Gasteiger charge is -2.15. The van der Waals surface area contributed by atoms with Gasteiger partial charge in [-0.3, -0.25) is 9.48 Å². The summed E-state index contributed by atoms with van der Waals surface area (Å²) in [5, 5.41) is 5.14. The van der Waals surface area contributed by atoms with Gasteiger partial charge in [0.15, 0.2) is 5.65 Å². The molecule has 0 atom stereocenters. The van der Waals surface area contributed by atoms with E-state index in [2.05, 4.69) is 10.1 Å².